The molecule has 1 N–H and O–H groups in total. The summed E-state index contributed by atoms with van der Waals surface area (Å²) in [6, 6.07) is 8.62. The van der Waals surface area contributed by atoms with Gasteiger partial charge in [0.05, 0.1) is 6.61 Å². The van der Waals surface area contributed by atoms with Gasteiger partial charge in [-0.2, -0.15) is 5.48 Å². The lowest BCUT2D eigenvalue weighted by molar-refractivity contribution is 0.0196. The van der Waals surface area contributed by atoms with Crippen molar-refractivity contribution in [3.63, 3.8) is 0 Å². The third kappa shape index (κ3) is 4.96. The van der Waals surface area contributed by atoms with Crippen molar-refractivity contribution in [3.05, 3.63) is 35.4 Å². The first-order valence-electron chi connectivity index (χ1n) is 5.64. The Morgan fingerprint density at radius 3 is 2.27 bits per heavy atom. The van der Waals surface area contributed by atoms with Gasteiger partial charge in [0, 0.05) is 6.54 Å². The highest BCUT2D eigenvalue weighted by Crippen LogP contribution is 2.04. The van der Waals surface area contributed by atoms with E-state index in [4.69, 9.17) is 4.84 Å². The molecule has 0 heterocycles. The van der Waals surface area contributed by atoms with E-state index in [1.54, 1.807) is 0 Å². The summed E-state index contributed by atoms with van der Waals surface area (Å²) in [5.41, 5.74) is 5.61. The van der Waals surface area contributed by atoms with Gasteiger partial charge in [-0.05, 0) is 23.5 Å². The largest absolute Gasteiger partial charge is 0.301 e. The van der Waals surface area contributed by atoms with E-state index in [1.165, 1.54) is 11.1 Å². The minimum absolute atomic E-state index is 0.569. The zero-order valence-corrected chi connectivity index (χ0v) is 9.92. The minimum atomic E-state index is 0.569. The molecule has 0 aromatic heterocycles. The molecule has 2 nitrogen and oxygen atoms in total. The molecule has 0 aliphatic carbocycles. The molecule has 0 aliphatic heterocycles. The van der Waals surface area contributed by atoms with Crippen LogP contribution in [0.2, 0.25) is 0 Å². The lowest BCUT2D eigenvalue weighted by Gasteiger charge is -2.08. The Morgan fingerprint density at radius 2 is 1.73 bits per heavy atom. The van der Waals surface area contributed by atoms with E-state index in [0.29, 0.717) is 5.92 Å². The molecule has 0 saturated heterocycles. The first-order chi connectivity index (χ1) is 7.22. The van der Waals surface area contributed by atoms with Crippen molar-refractivity contribution in [1.82, 2.24) is 5.48 Å². The first kappa shape index (κ1) is 12.2. The average Bonchev–Trinajstić information content (AvgIpc) is 2.25. The highest BCUT2D eigenvalue weighted by atomic mass is 16.6. The summed E-state index contributed by atoms with van der Waals surface area (Å²) >= 11 is 0. The molecule has 0 bridgehead atoms. The maximum absolute atomic E-state index is 5.31. The summed E-state index contributed by atoms with van der Waals surface area (Å²) in [5.74, 6) is 0.569. The molecule has 0 spiro atoms. The van der Waals surface area contributed by atoms with Gasteiger partial charge in [-0.1, -0.05) is 45.0 Å². The Labute approximate surface area is 92.6 Å². The maximum Gasteiger partial charge on any atom is 0.0705 e. The van der Waals surface area contributed by atoms with Crippen LogP contribution >= 0.6 is 0 Å². The molecule has 0 amide bonds. The van der Waals surface area contributed by atoms with Crippen LogP contribution in [0.4, 0.5) is 0 Å². The molecular formula is C13H21NO. The summed E-state index contributed by atoms with van der Waals surface area (Å²) in [6.07, 6.45) is 1.09. The Kier molecular flexibility index (Phi) is 5.37. The third-order valence-electron chi connectivity index (χ3n) is 2.23. The standard InChI is InChI=1S/C13H21NO/c1-4-12-5-7-13(8-6-12)9-14-15-10-11(2)3/h5-8,11,14H,4,9-10H2,1-3H3. The fourth-order valence-electron chi connectivity index (χ4n) is 1.25. The van der Waals surface area contributed by atoms with Crippen LogP contribution in [0.3, 0.4) is 0 Å². The molecule has 2 heteroatoms. The second kappa shape index (κ2) is 6.59. The Hall–Kier alpha value is -0.860. The zero-order valence-electron chi connectivity index (χ0n) is 9.92. The molecule has 0 aliphatic rings. The van der Waals surface area contributed by atoms with Crippen LogP contribution in [0.15, 0.2) is 24.3 Å². The van der Waals surface area contributed by atoms with Gasteiger partial charge in [0.15, 0.2) is 0 Å². The van der Waals surface area contributed by atoms with Crippen LogP contribution < -0.4 is 5.48 Å². The van der Waals surface area contributed by atoms with Gasteiger partial charge < -0.3 is 4.84 Å². The molecule has 0 radical (unpaired) electrons. The van der Waals surface area contributed by atoms with Crippen molar-refractivity contribution < 1.29 is 4.84 Å². The van der Waals surface area contributed by atoms with Crippen molar-refractivity contribution in [1.29, 1.82) is 0 Å². The molecule has 0 unspecified atom stereocenters. The van der Waals surface area contributed by atoms with Crippen LogP contribution in [0.5, 0.6) is 0 Å². The zero-order chi connectivity index (χ0) is 11.1. The molecule has 0 atom stereocenters. The fraction of sp³-hybridized carbons (Fsp3) is 0.538. The SMILES string of the molecule is CCc1ccc(CNOCC(C)C)cc1. The Bertz CT molecular complexity index is 266. The van der Waals surface area contributed by atoms with Gasteiger partial charge in [0.1, 0.15) is 0 Å². The minimum Gasteiger partial charge on any atom is -0.301 e. The van der Waals surface area contributed by atoms with E-state index < -0.39 is 0 Å². The molecule has 1 rings (SSSR count). The van der Waals surface area contributed by atoms with Crippen molar-refractivity contribution in [2.24, 2.45) is 5.92 Å². The monoisotopic (exact) mass is 207 g/mol. The number of nitrogens with one attached hydrogen (secondary N) is 1. The van der Waals surface area contributed by atoms with Crippen LogP contribution in [-0.2, 0) is 17.8 Å². The number of aryl methyl sites for hydroxylation is 1. The second-order valence-electron chi connectivity index (χ2n) is 4.20. The van der Waals surface area contributed by atoms with Crippen LogP contribution in [0.25, 0.3) is 0 Å². The van der Waals surface area contributed by atoms with Gasteiger partial charge in [-0.15, -0.1) is 0 Å². The van der Waals surface area contributed by atoms with Gasteiger partial charge in [0.25, 0.3) is 0 Å². The van der Waals surface area contributed by atoms with Gasteiger partial charge in [-0.3, -0.25) is 0 Å². The average molecular weight is 207 g/mol. The summed E-state index contributed by atoms with van der Waals surface area (Å²) in [7, 11) is 0. The number of hydroxylamine groups is 1. The number of benzene rings is 1. The van der Waals surface area contributed by atoms with Crippen LogP contribution in [-0.4, -0.2) is 6.61 Å². The van der Waals surface area contributed by atoms with E-state index in [2.05, 4.69) is 50.5 Å². The molecule has 1 aromatic rings. The normalized spacial score (nSPS) is 10.9. The molecule has 0 fully saturated rings. The predicted octanol–water partition coefficient (Wildman–Crippen LogP) is 2.93. The summed E-state index contributed by atoms with van der Waals surface area (Å²) in [5, 5.41) is 0. The maximum atomic E-state index is 5.31. The fourth-order valence-corrected chi connectivity index (χ4v) is 1.25. The van der Waals surface area contributed by atoms with E-state index in [1.807, 2.05) is 0 Å². The second-order valence-corrected chi connectivity index (χ2v) is 4.20. The van der Waals surface area contributed by atoms with Gasteiger partial charge >= 0.3 is 0 Å². The van der Waals surface area contributed by atoms with Crippen LogP contribution in [0.1, 0.15) is 31.9 Å². The highest BCUT2D eigenvalue weighted by Gasteiger charge is 1.95. The Balaban J connectivity index is 2.25. The molecule has 1 aromatic carbocycles. The van der Waals surface area contributed by atoms with Gasteiger partial charge in [0.2, 0.25) is 0 Å². The molecule has 15 heavy (non-hydrogen) atoms. The van der Waals surface area contributed by atoms with Crippen molar-refractivity contribution in [3.8, 4) is 0 Å². The smallest absolute Gasteiger partial charge is 0.0705 e. The van der Waals surface area contributed by atoms with E-state index in [-0.39, 0.29) is 0 Å². The topological polar surface area (TPSA) is 21.3 Å². The number of rotatable bonds is 6. The lowest BCUT2D eigenvalue weighted by Crippen LogP contribution is -2.17. The van der Waals surface area contributed by atoms with Crippen molar-refractivity contribution in [2.75, 3.05) is 6.61 Å². The summed E-state index contributed by atoms with van der Waals surface area (Å²) in [6.45, 7) is 7.97. The predicted molar refractivity (Wildman–Crippen MR) is 63.4 cm³/mol. The first-order valence-corrected chi connectivity index (χ1v) is 5.64. The van der Waals surface area contributed by atoms with Crippen LogP contribution in [0, 0.1) is 5.92 Å². The summed E-state index contributed by atoms with van der Waals surface area (Å²) < 4.78 is 0. The lowest BCUT2D eigenvalue weighted by atomic mass is 10.1. The Morgan fingerprint density at radius 1 is 1.13 bits per heavy atom. The number of hydrogen-bond donors (Lipinski definition) is 1. The van der Waals surface area contributed by atoms with E-state index >= 15 is 0 Å². The van der Waals surface area contributed by atoms with E-state index in [0.717, 1.165) is 19.6 Å². The third-order valence-corrected chi connectivity index (χ3v) is 2.23. The number of hydrogen-bond acceptors (Lipinski definition) is 2. The summed E-state index contributed by atoms with van der Waals surface area (Å²) in [4.78, 5) is 5.31. The highest BCUT2D eigenvalue weighted by molar-refractivity contribution is 5.22. The molecule has 84 valence electrons. The quantitative estimate of drug-likeness (QED) is 0.572. The van der Waals surface area contributed by atoms with Gasteiger partial charge in [-0.25, -0.2) is 0 Å². The molecule has 0 saturated carbocycles. The molecular weight excluding hydrogens is 186 g/mol. The van der Waals surface area contributed by atoms with Crippen molar-refractivity contribution in [2.45, 2.75) is 33.7 Å². The van der Waals surface area contributed by atoms with E-state index in [9.17, 15) is 0 Å². The van der Waals surface area contributed by atoms with Crippen molar-refractivity contribution >= 4 is 0 Å².